The van der Waals surface area contributed by atoms with Crippen molar-refractivity contribution < 1.29 is 0 Å². The highest BCUT2D eigenvalue weighted by Crippen LogP contribution is 2.27. The fraction of sp³-hybridized carbons (Fsp3) is 0.333. The maximum Gasteiger partial charge on any atom is 0.127 e. The number of nitrogens with zero attached hydrogens (tertiary/aromatic N) is 3. The van der Waals surface area contributed by atoms with E-state index in [1.165, 1.54) is 0 Å². The van der Waals surface area contributed by atoms with Crippen molar-refractivity contribution in [3.63, 3.8) is 0 Å². The lowest BCUT2D eigenvalue weighted by atomic mass is 10.3. The summed E-state index contributed by atoms with van der Waals surface area (Å²) in [5.74, 6) is 0.915. The van der Waals surface area contributed by atoms with Crippen LogP contribution in [0.4, 0.5) is 0 Å². The van der Waals surface area contributed by atoms with E-state index >= 15 is 0 Å². The van der Waals surface area contributed by atoms with Gasteiger partial charge in [-0.15, -0.1) is 22.9 Å². The topological polar surface area (TPSA) is 30.7 Å². The van der Waals surface area contributed by atoms with Gasteiger partial charge in [-0.3, -0.25) is 0 Å². The Kier molecular flexibility index (Phi) is 4.33. The summed E-state index contributed by atoms with van der Waals surface area (Å²) < 4.78 is 3.25. The molecule has 3 nitrogen and oxygen atoms in total. The number of benzene rings is 1. The van der Waals surface area contributed by atoms with Crippen LogP contribution in [0.15, 0.2) is 28.1 Å². The molecule has 1 atom stereocenters. The average Bonchev–Trinajstić information content (AvgIpc) is 3.00. The molecule has 0 aliphatic rings. The minimum absolute atomic E-state index is 0.116. The summed E-state index contributed by atoms with van der Waals surface area (Å²) in [6, 6.07) is 6.12. The van der Waals surface area contributed by atoms with Crippen LogP contribution in [0.2, 0.25) is 0 Å². The second kappa shape index (κ2) is 6.07. The first-order chi connectivity index (χ1) is 10.0. The number of halogens is 2. The molecule has 3 aromatic rings. The molecule has 6 heteroatoms. The van der Waals surface area contributed by atoms with Crippen LogP contribution in [0.3, 0.4) is 0 Å². The van der Waals surface area contributed by atoms with E-state index in [0.29, 0.717) is 0 Å². The maximum atomic E-state index is 6.30. The number of hydrogen-bond acceptors (Lipinski definition) is 3. The van der Waals surface area contributed by atoms with Gasteiger partial charge in [0.05, 0.1) is 21.4 Å². The molecule has 1 aromatic carbocycles. The summed E-state index contributed by atoms with van der Waals surface area (Å²) >= 11 is 11.5. The number of fused-ring (bicyclic) bond motifs is 1. The molecule has 0 fully saturated rings. The Morgan fingerprint density at radius 2 is 2.19 bits per heavy atom. The molecule has 110 valence electrons. The molecule has 0 N–H and O–H groups in total. The first kappa shape index (κ1) is 15.0. The van der Waals surface area contributed by atoms with E-state index in [9.17, 15) is 0 Å². The van der Waals surface area contributed by atoms with E-state index < -0.39 is 0 Å². The van der Waals surface area contributed by atoms with E-state index in [2.05, 4.69) is 41.9 Å². The minimum atomic E-state index is -0.116. The standard InChI is InChI=1S/C15H15BrClN3S/c1-9-8-21-14(18-9)5-6-20-13-7-11(16)3-4-12(13)19-15(20)10(2)17/h3-4,7-8,10H,5-6H2,1-2H3. The number of aryl methyl sites for hydroxylation is 3. The van der Waals surface area contributed by atoms with Crippen LogP contribution >= 0.6 is 38.9 Å². The first-order valence-electron chi connectivity index (χ1n) is 6.75. The van der Waals surface area contributed by atoms with Crippen LogP contribution in [0, 0.1) is 6.92 Å². The van der Waals surface area contributed by atoms with Gasteiger partial charge in [-0.25, -0.2) is 9.97 Å². The summed E-state index contributed by atoms with van der Waals surface area (Å²) in [5, 5.41) is 3.12. The highest BCUT2D eigenvalue weighted by Gasteiger charge is 2.15. The summed E-state index contributed by atoms with van der Waals surface area (Å²) in [5.41, 5.74) is 3.18. The minimum Gasteiger partial charge on any atom is -0.326 e. The van der Waals surface area contributed by atoms with Crippen molar-refractivity contribution in [2.45, 2.75) is 32.2 Å². The molecule has 0 aliphatic heterocycles. The molecule has 0 radical (unpaired) electrons. The molecular weight excluding hydrogens is 370 g/mol. The zero-order valence-corrected chi connectivity index (χ0v) is 15.0. The normalized spacial score (nSPS) is 13.0. The fourth-order valence-electron chi connectivity index (χ4n) is 2.38. The van der Waals surface area contributed by atoms with Gasteiger partial charge >= 0.3 is 0 Å². The Labute approximate surface area is 141 Å². The summed E-state index contributed by atoms with van der Waals surface area (Å²) in [4.78, 5) is 9.19. The highest BCUT2D eigenvalue weighted by molar-refractivity contribution is 9.10. The number of rotatable bonds is 4. The van der Waals surface area contributed by atoms with Gasteiger partial charge in [0, 0.05) is 28.5 Å². The molecule has 21 heavy (non-hydrogen) atoms. The van der Waals surface area contributed by atoms with E-state index in [-0.39, 0.29) is 5.38 Å². The van der Waals surface area contributed by atoms with Crippen molar-refractivity contribution in [2.24, 2.45) is 0 Å². The first-order valence-corrected chi connectivity index (χ1v) is 8.86. The zero-order valence-electron chi connectivity index (χ0n) is 11.8. The van der Waals surface area contributed by atoms with Crippen molar-refractivity contribution in [3.05, 3.63) is 44.6 Å². The van der Waals surface area contributed by atoms with Crippen molar-refractivity contribution in [1.29, 1.82) is 0 Å². The van der Waals surface area contributed by atoms with Crippen LogP contribution in [0.25, 0.3) is 11.0 Å². The van der Waals surface area contributed by atoms with Crippen LogP contribution in [-0.2, 0) is 13.0 Å². The predicted octanol–water partition coefficient (Wildman–Crippen LogP) is 5.11. The van der Waals surface area contributed by atoms with Crippen LogP contribution in [0.5, 0.6) is 0 Å². The molecule has 2 aromatic heterocycles. The third-order valence-electron chi connectivity index (χ3n) is 3.31. The lowest BCUT2D eigenvalue weighted by Gasteiger charge is -2.09. The van der Waals surface area contributed by atoms with E-state index in [0.717, 1.165) is 45.0 Å². The van der Waals surface area contributed by atoms with Gasteiger partial charge in [-0.1, -0.05) is 15.9 Å². The number of alkyl halides is 1. The lowest BCUT2D eigenvalue weighted by molar-refractivity contribution is 0.665. The molecule has 2 heterocycles. The Hall–Kier alpha value is -0.910. The number of thiazole rings is 1. The van der Waals surface area contributed by atoms with E-state index in [1.54, 1.807) is 11.3 Å². The molecule has 0 saturated carbocycles. The smallest absolute Gasteiger partial charge is 0.127 e. The predicted molar refractivity (Wildman–Crippen MR) is 92.3 cm³/mol. The van der Waals surface area contributed by atoms with Crippen molar-refractivity contribution in [3.8, 4) is 0 Å². The average molecular weight is 385 g/mol. The summed E-state index contributed by atoms with van der Waals surface area (Å²) in [6.07, 6.45) is 0.896. The Morgan fingerprint density at radius 3 is 2.86 bits per heavy atom. The molecule has 1 unspecified atom stereocenters. The third-order valence-corrected chi connectivity index (χ3v) is 5.03. The third kappa shape index (κ3) is 3.15. The second-order valence-corrected chi connectivity index (χ2v) is 7.52. The zero-order chi connectivity index (χ0) is 15.0. The fourth-order valence-corrected chi connectivity index (χ4v) is 3.66. The molecule has 3 rings (SSSR count). The second-order valence-electron chi connectivity index (χ2n) is 5.00. The van der Waals surface area contributed by atoms with Gasteiger partial charge in [0.1, 0.15) is 5.82 Å². The monoisotopic (exact) mass is 383 g/mol. The summed E-state index contributed by atoms with van der Waals surface area (Å²) in [7, 11) is 0. The molecule has 0 aliphatic carbocycles. The molecule has 0 spiro atoms. The van der Waals surface area contributed by atoms with Gasteiger partial charge in [-0.05, 0) is 32.0 Å². The van der Waals surface area contributed by atoms with E-state index in [4.69, 9.17) is 11.6 Å². The number of imidazole rings is 1. The lowest BCUT2D eigenvalue weighted by Crippen LogP contribution is -2.06. The van der Waals surface area contributed by atoms with Crippen LogP contribution < -0.4 is 0 Å². The molecule has 0 bridgehead atoms. The van der Waals surface area contributed by atoms with Crippen molar-refractivity contribution >= 4 is 49.9 Å². The van der Waals surface area contributed by atoms with Gasteiger partial charge in [0.15, 0.2) is 0 Å². The Bertz CT molecular complexity index is 778. The number of aromatic nitrogens is 3. The SMILES string of the molecule is Cc1csc(CCn2c(C(C)Cl)nc3ccc(Br)cc32)n1. The number of hydrogen-bond donors (Lipinski definition) is 0. The van der Waals surface area contributed by atoms with Gasteiger partial charge in [-0.2, -0.15) is 0 Å². The molecule has 0 amide bonds. The van der Waals surface area contributed by atoms with Crippen molar-refractivity contribution in [2.75, 3.05) is 0 Å². The summed E-state index contributed by atoms with van der Waals surface area (Å²) in [6.45, 7) is 4.82. The van der Waals surface area contributed by atoms with Crippen LogP contribution in [0.1, 0.15) is 28.8 Å². The highest BCUT2D eigenvalue weighted by atomic mass is 79.9. The van der Waals surface area contributed by atoms with Gasteiger partial charge in [0.2, 0.25) is 0 Å². The van der Waals surface area contributed by atoms with Gasteiger partial charge in [0.25, 0.3) is 0 Å². The molecular formula is C15H15BrClN3S. The van der Waals surface area contributed by atoms with Crippen molar-refractivity contribution in [1.82, 2.24) is 14.5 Å². The van der Waals surface area contributed by atoms with E-state index in [1.807, 2.05) is 26.0 Å². The van der Waals surface area contributed by atoms with Crippen LogP contribution in [-0.4, -0.2) is 14.5 Å². The largest absolute Gasteiger partial charge is 0.326 e. The van der Waals surface area contributed by atoms with Gasteiger partial charge < -0.3 is 4.57 Å². The Balaban J connectivity index is 1.98. The quantitative estimate of drug-likeness (QED) is 0.585. The molecule has 0 saturated heterocycles. The maximum absolute atomic E-state index is 6.30. The Morgan fingerprint density at radius 1 is 1.38 bits per heavy atom.